The lowest BCUT2D eigenvalue weighted by Crippen LogP contribution is -1.86. The van der Waals surface area contributed by atoms with Crippen LogP contribution in [0.3, 0.4) is 0 Å². The number of rotatable bonds is 1. The fourth-order valence-corrected chi connectivity index (χ4v) is 1.53. The fraction of sp³-hybridized carbons (Fsp3) is 0. The highest BCUT2D eigenvalue weighted by molar-refractivity contribution is 9.10. The molecule has 72 valence electrons. The fourth-order valence-electron chi connectivity index (χ4n) is 1.01. The molecule has 1 aromatic heterocycles. The lowest BCUT2D eigenvalue weighted by molar-refractivity contribution is 0.433. The summed E-state index contributed by atoms with van der Waals surface area (Å²) in [6.07, 6.45) is 0. The van der Waals surface area contributed by atoms with Gasteiger partial charge in [0.25, 0.3) is 11.8 Å². The van der Waals surface area contributed by atoms with Crippen LogP contribution in [0.5, 0.6) is 0 Å². The van der Waals surface area contributed by atoms with Gasteiger partial charge in [0.1, 0.15) is 5.82 Å². The molecule has 0 saturated carbocycles. The first-order valence-electron chi connectivity index (χ1n) is 3.71. The van der Waals surface area contributed by atoms with E-state index in [4.69, 9.17) is 10.3 Å². The number of halogens is 2. The number of aromatic nitrogens is 2. The lowest BCUT2D eigenvalue weighted by Gasteiger charge is -1.97. The molecule has 0 atom stereocenters. The Bertz CT molecular complexity index is 471. The van der Waals surface area contributed by atoms with Gasteiger partial charge in [0, 0.05) is 4.47 Å². The van der Waals surface area contributed by atoms with Crippen LogP contribution in [0.15, 0.2) is 27.2 Å². The molecule has 2 aromatic rings. The molecule has 0 fully saturated rings. The van der Waals surface area contributed by atoms with Crippen LogP contribution in [-0.2, 0) is 0 Å². The Balaban J connectivity index is 2.52. The second-order valence-corrected chi connectivity index (χ2v) is 3.44. The Kier molecular flexibility index (Phi) is 2.20. The number of benzene rings is 1. The van der Waals surface area contributed by atoms with Gasteiger partial charge in [0.2, 0.25) is 0 Å². The van der Waals surface area contributed by atoms with Gasteiger partial charge in [-0.3, -0.25) is 0 Å². The predicted octanol–water partition coefficient (Wildman–Crippen LogP) is 2.22. The average molecular weight is 258 g/mol. The van der Waals surface area contributed by atoms with Crippen molar-refractivity contribution in [2.45, 2.75) is 0 Å². The molecule has 2 N–H and O–H groups in total. The van der Waals surface area contributed by atoms with Crippen molar-refractivity contribution >= 4 is 21.9 Å². The summed E-state index contributed by atoms with van der Waals surface area (Å²) in [7, 11) is 0. The number of nitrogen functional groups attached to an aromatic ring is 1. The van der Waals surface area contributed by atoms with Crippen molar-refractivity contribution in [3.8, 4) is 11.5 Å². The van der Waals surface area contributed by atoms with E-state index < -0.39 is 0 Å². The van der Waals surface area contributed by atoms with Gasteiger partial charge in [-0.1, -0.05) is 0 Å². The Hall–Kier alpha value is -1.43. The van der Waals surface area contributed by atoms with Crippen molar-refractivity contribution in [3.05, 3.63) is 28.5 Å². The van der Waals surface area contributed by atoms with Crippen LogP contribution in [0.25, 0.3) is 11.5 Å². The van der Waals surface area contributed by atoms with E-state index in [1.165, 1.54) is 18.2 Å². The summed E-state index contributed by atoms with van der Waals surface area (Å²) in [6, 6.07) is 4.16. The van der Waals surface area contributed by atoms with Crippen molar-refractivity contribution < 1.29 is 8.91 Å². The third-order valence-electron chi connectivity index (χ3n) is 1.60. The van der Waals surface area contributed by atoms with Crippen LogP contribution < -0.4 is 5.73 Å². The molecule has 4 nitrogen and oxygen atoms in total. The maximum Gasteiger partial charge on any atom is 0.261 e. The van der Waals surface area contributed by atoms with Crippen LogP contribution in [0, 0.1) is 5.82 Å². The van der Waals surface area contributed by atoms with Gasteiger partial charge in [0.05, 0.1) is 5.56 Å². The van der Waals surface area contributed by atoms with Gasteiger partial charge in [-0.2, -0.15) is 4.98 Å². The molecule has 0 spiro atoms. The van der Waals surface area contributed by atoms with Gasteiger partial charge >= 0.3 is 0 Å². The summed E-state index contributed by atoms with van der Waals surface area (Å²) < 4.78 is 18.1. The normalized spacial score (nSPS) is 10.4. The molecule has 0 saturated heterocycles. The van der Waals surface area contributed by atoms with Crippen molar-refractivity contribution in [1.82, 2.24) is 10.1 Å². The van der Waals surface area contributed by atoms with Crippen LogP contribution in [0.1, 0.15) is 0 Å². The average Bonchev–Trinajstić information content (AvgIpc) is 2.51. The van der Waals surface area contributed by atoms with Crippen LogP contribution in [0.2, 0.25) is 0 Å². The first-order valence-corrected chi connectivity index (χ1v) is 4.51. The molecule has 0 unspecified atom stereocenters. The molecule has 0 bridgehead atoms. The maximum atomic E-state index is 12.7. The second-order valence-electron chi connectivity index (χ2n) is 2.58. The van der Waals surface area contributed by atoms with Crippen molar-refractivity contribution in [3.63, 3.8) is 0 Å². The van der Waals surface area contributed by atoms with E-state index in [1.807, 2.05) is 0 Å². The summed E-state index contributed by atoms with van der Waals surface area (Å²) in [5.41, 5.74) is 5.90. The number of hydrogen-bond acceptors (Lipinski definition) is 4. The summed E-state index contributed by atoms with van der Waals surface area (Å²) in [4.78, 5) is 3.82. The molecule has 0 radical (unpaired) electrons. The van der Waals surface area contributed by atoms with Gasteiger partial charge in [-0.15, -0.1) is 0 Å². The number of hydrogen-bond donors (Lipinski definition) is 1. The minimum Gasteiger partial charge on any atom is -0.365 e. The predicted molar refractivity (Wildman–Crippen MR) is 51.8 cm³/mol. The Morgan fingerprint density at radius 2 is 2.21 bits per heavy atom. The minimum atomic E-state index is -0.340. The van der Waals surface area contributed by atoms with Gasteiger partial charge in [-0.05, 0) is 39.3 Å². The van der Waals surface area contributed by atoms with E-state index >= 15 is 0 Å². The first kappa shape index (κ1) is 9.14. The zero-order valence-electron chi connectivity index (χ0n) is 6.87. The maximum absolute atomic E-state index is 12.7. The number of anilines is 1. The minimum absolute atomic E-state index is 0.0521. The summed E-state index contributed by atoms with van der Waals surface area (Å²) in [6.45, 7) is 0. The van der Waals surface area contributed by atoms with Gasteiger partial charge < -0.3 is 10.3 Å². The number of nitrogens with two attached hydrogens (primary N) is 1. The summed E-state index contributed by atoms with van der Waals surface area (Å²) >= 11 is 3.18. The lowest BCUT2D eigenvalue weighted by atomic mass is 10.2. The van der Waals surface area contributed by atoms with Crippen molar-refractivity contribution in [1.29, 1.82) is 0 Å². The molecule has 14 heavy (non-hydrogen) atoms. The highest BCUT2D eigenvalue weighted by Crippen LogP contribution is 2.27. The molecular formula is C8H5BrFN3O. The highest BCUT2D eigenvalue weighted by Gasteiger charge is 2.10. The van der Waals surface area contributed by atoms with Gasteiger partial charge in [0.15, 0.2) is 0 Å². The SMILES string of the molecule is Nc1noc(-c2ccc(F)cc2Br)n1. The van der Waals surface area contributed by atoms with E-state index in [2.05, 4.69) is 26.1 Å². The second kappa shape index (κ2) is 3.38. The summed E-state index contributed by atoms with van der Waals surface area (Å²) in [5.74, 6) is -0.0290. The topological polar surface area (TPSA) is 64.9 Å². The monoisotopic (exact) mass is 257 g/mol. The quantitative estimate of drug-likeness (QED) is 0.851. The molecule has 0 aliphatic rings. The molecule has 0 aliphatic carbocycles. The van der Waals surface area contributed by atoms with E-state index in [-0.39, 0.29) is 17.7 Å². The highest BCUT2D eigenvalue weighted by atomic mass is 79.9. The standard InChI is InChI=1S/C8H5BrFN3O/c9-6-3-4(10)1-2-5(6)7-12-8(11)13-14-7/h1-3H,(H2,11,13). The molecule has 0 amide bonds. The third kappa shape index (κ3) is 1.60. The van der Waals surface area contributed by atoms with E-state index in [9.17, 15) is 4.39 Å². The van der Waals surface area contributed by atoms with Crippen LogP contribution >= 0.6 is 15.9 Å². The third-order valence-corrected chi connectivity index (χ3v) is 2.26. The van der Waals surface area contributed by atoms with Gasteiger partial charge in [-0.25, -0.2) is 4.39 Å². The van der Waals surface area contributed by atoms with Crippen LogP contribution in [-0.4, -0.2) is 10.1 Å². The summed E-state index contributed by atoms with van der Waals surface area (Å²) in [5, 5.41) is 3.43. The zero-order chi connectivity index (χ0) is 10.1. The van der Waals surface area contributed by atoms with Crippen molar-refractivity contribution in [2.24, 2.45) is 0 Å². The van der Waals surface area contributed by atoms with Crippen molar-refractivity contribution in [2.75, 3.05) is 5.73 Å². The van der Waals surface area contributed by atoms with Crippen LogP contribution in [0.4, 0.5) is 10.3 Å². The molecule has 1 heterocycles. The number of nitrogens with zero attached hydrogens (tertiary/aromatic N) is 2. The van der Waals surface area contributed by atoms with E-state index in [0.29, 0.717) is 10.0 Å². The van der Waals surface area contributed by atoms with E-state index in [0.717, 1.165) is 0 Å². The molecule has 0 aliphatic heterocycles. The molecule has 2 rings (SSSR count). The first-order chi connectivity index (χ1) is 6.66. The Labute approximate surface area is 87.0 Å². The molecular weight excluding hydrogens is 253 g/mol. The smallest absolute Gasteiger partial charge is 0.261 e. The Morgan fingerprint density at radius 3 is 2.79 bits per heavy atom. The van der Waals surface area contributed by atoms with E-state index in [1.54, 1.807) is 0 Å². The largest absolute Gasteiger partial charge is 0.365 e. The Morgan fingerprint density at radius 1 is 1.43 bits per heavy atom. The molecule has 1 aromatic carbocycles. The molecule has 6 heteroatoms. The zero-order valence-corrected chi connectivity index (χ0v) is 8.45.